The summed E-state index contributed by atoms with van der Waals surface area (Å²) in [7, 11) is 0. The van der Waals surface area contributed by atoms with Gasteiger partial charge in [-0.25, -0.2) is 4.39 Å². The number of rotatable bonds is 5. The first-order valence-corrected chi connectivity index (χ1v) is 12.1. The zero-order valence-electron chi connectivity index (χ0n) is 17.8. The molecule has 0 radical (unpaired) electrons. The number of nitrogens with zero attached hydrogens (tertiary/aromatic N) is 4. The second-order valence-electron chi connectivity index (χ2n) is 8.68. The van der Waals surface area contributed by atoms with Crippen molar-refractivity contribution in [2.24, 2.45) is 11.7 Å². The molecule has 2 aliphatic rings. The summed E-state index contributed by atoms with van der Waals surface area (Å²) in [6.45, 7) is 6.14. The van der Waals surface area contributed by atoms with E-state index in [1.807, 2.05) is 30.3 Å². The average Bonchev–Trinajstić information content (AvgIpc) is 3.14. The number of thioether (sulfide) groups is 1. The molecule has 0 saturated carbocycles. The Kier molecular flexibility index (Phi) is 6.11. The Balaban J connectivity index is 1.44. The van der Waals surface area contributed by atoms with Gasteiger partial charge >= 0.3 is 0 Å². The van der Waals surface area contributed by atoms with E-state index in [2.05, 4.69) is 26.9 Å². The largest absolute Gasteiger partial charge is 0.419 e. The molecule has 32 heavy (non-hydrogen) atoms. The highest BCUT2D eigenvalue weighted by atomic mass is 35.5. The average molecular weight is 474 g/mol. The van der Waals surface area contributed by atoms with E-state index in [-0.39, 0.29) is 17.7 Å². The van der Waals surface area contributed by atoms with Crippen LogP contribution in [0.15, 0.2) is 45.7 Å². The predicted octanol–water partition coefficient (Wildman–Crippen LogP) is 4.42. The van der Waals surface area contributed by atoms with Gasteiger partial charge in [-0.1, -0.05) is 30.7 Å². The molecule has 0 spiro atoms. The first-order chi connectivity index (χ1) is 15.4. The Morgan fingerprint density at radius 1 is 1.16 bits per heavy atom. The van der Waals surface area contributed by atoms with Crippen molar-refractivity contribution in [1.29, 1.82) is 0 Å². The normalized spacial score (nSPS) is 19.5. The lowest BCUT2D eigenvalue weighted by molar-refractivity contribution is 0.0942. The lowest BCUT2D eigenvalue weighted by atomic mass is 10.0. The Hall–Kier alpha value is -2.13. The molecule has 6 nitrogen and oxygen atoms in total. The third-order valence-corrected chi connectivity index (χ3v) is 7.26. The zero-order valence-corrected chi connectivity index (χ0v) is 19.4. The van der Waals surface area contributed by atoms with Crippen LogP contribution in [0, 0.1) is 11.7 Å². The van der Waals surface area contributed by atoms with Crippen LogP contribution in [-0.4, -0.2) is 46.5 Å². The molecule has 5 rings (SSSR count). The summed E-state index contributed by atoms with van der Waals surface area (Å²) in [6, 6.07) is 11.1. The molecule has 0 unspecified atom stereocenters. The van der Waals surface area contributed by atoms with Crippen LogP contribution >= 0.6 is 23.4 Å². The predicted molar refractivity (Wildman–Crippen MR) is 125 cm³/mol. The van der Waals surface area contributed by atoms with Crippen molar-refractivity contribution in [3.05, 3.63) is 58.7 Å². The fraction of sp³-hybridized carbons (Fsp3) is 0.391. The fourth-order valence-electron chi connectivity index (χ4n) is 4.24. The zero-order chi connectivity index (χ0) is 22.2. The quantitative estimate of drug-likeness (QED) is 0.588. The number of nitrogens with two attached hydrogens (primary N) is 1. The maximum atomic E-state index is 15.1. The van der Waals surface area contributed by atoms with E-state index >= 15 is 4.39 Å². The van der Waals surface area contributed by atoms with E-state index < -0.39 is 0 Å². The molecule has 0 aliphatic carbocycles. The lowest BCUT2D eigenvalue weighted by Crippen LogP contribution is -2.44. The van der Waals surface area contributed by atoms with Gasteiger partial charge in [0.15, 0.2) is 0 Å². The minimum atomic E-state index is -0.370. The van der Waals surface area contributed by atoms with Gasteiger partial charge in [-0.05, 0) is 35.7 Å². The minimum Gasteiger partial charge on any atom is -0.419 e. The second kappa shape index (κ2) is 9.02. The summed E-state index contributed by atoms with van der Waals surface area (Å²) in [5.41, 5.74) is 8.67. The second-order valence-corrected chi connectivity index (χ2v) is 10.2. The van der Waals surface area contributed by atoms with Gasteiger partial charge in [0, 0.05) is 47.9 Å². The van der Waals surface area contributed by atoms with E-state index in [0.29, 0.717) is 42.0 Å². The number of hydrogen-bond donors (Lipinski definition) is 1. The molecule has 3 heterocycles. The van der Waals surface area contributed by atoms with Gasteiger partial charge in [0.05, 0.1) is 17.8 Å². The third kappa shape index (κ3) is 4.64. The monoisotopic (exact) mass is 473 g/mol. The van der Waals surface area contributed by atoms with Crippen molar-refractivity contribution in [3.63, 3.8) is 0 Å². The molecule has 0 bridgehead atoms. The summed E-state index contributed by atoms with van der Waals surface area (Å²) in [6.07, 6.45) is 0. The molecule has 2 aromatic carbocycles. The molecule has 2 aliphatic heterocycles. The molecular weight excluding hydrogens is 449 g/mol. The summed E-state index contributed by atoms with van der Waals surface area (Å²) >= 11 is 7.62. The Bertz CT molecular complexity index is 1100. The van der Waals surface area contributed by atoms with Gasteiger partial charge in [0.2, 0.25) is 5.89 Å². The van der Waals surface area contributed by atoms with Gasteiger partial charge in [0.25, 0.3) is 5.89 Å². The number of aromatic nitrogens is 2. The highest BCUT2D eigenvalue weighted by Gasteiger charge is 2.27. The number of fused-ring (bicyclic) bond motifs is 1. The first-order valence-electron chi connectivity index (χ1n) is 10.7. The van der Waals surface area contributed by atoms with Gasteiger partial charge in [-0.15, -0.1) is 22.0 Å². The molecule has 9 heteroatoms. The molecule has 1 fully saturated rings. The van der Waals surface area contributed by atoms with E-state index in [1.165, 1.54) is 0 Å². The summed E-state index contributed by atoms with van der Waals surface area (Å²) in [5, 5.41) is 8.97. The number of likely N-dealkylation sites (tertiary alicyclic amines) is 1. The van der Waals surface area contributed by atoms with Gasteiger partial charge in [-0.2, -0.15) is 0 Å². The number of benzene rings is 2. The maximum Gasteiger partial charge on any atom is 0.250 e. The van der Waals surface area contributed by atoms with Crippen molar-refractivity contribution in [3.8, 4) is 11.5 Å². The van der Waals surface area contributed by atoms with Crippen molar-refractivity contribution in [2.75, 3.05) is 30.3 Å². The lowest BCUT2D eigenvalue weighted by Gasteiger charge is -2.35. The molecule has 3 aromatic rings. The molecule has 168 valence electrons. The van der Waals surface area contributed by atoms with Crippen LogP contribution in [0.4, 0.5) is 10.1 Å². The molecule has 1 aromatic heterocycles. The smallest absolute Gasteiger partial charge is 0.250 e. The highest BCUT2D eigenvalue weighted by molar-refractivity contribution is 7.99. The summed E-state index contributed by atoms with van der Waals surface area (Å²) in [4.78, 5) is 5.29. The number of hydrogen-bond acceptors (Lipinski definition) is 7. The molecule has 2 N–H and O–H groups in total. The molecular formula is C23H25ClFN5OS. The fourth-order valence-corrected chi connectivity index (χ4v) is 5.38. The Morgan fingerprint density at radius 3 is 2.69 bits per heavy atom. The molecule has 1 atom stereocenters. The van der Waals surface area contributed by atoms with Crippen molar-refractivity contribution in [2.45, 2.75) is 31.0 Å². The standard InChI is InChI=1S/C23H25ClFN5OS/c1-14-8-29(9-14)12-22-27-28-23(31-22)18-6-20-21(7-19(18)25)32-13-17(26)11-30(20)10-15-2-4-16(24)5-3-15/h2-7,14,17H,8-13,26H2,1H3/t17-/m1/s1. The van der Waals surface area contributed by atoms with Crippen LogP contribution in [0.3, 0.4) is 0 Å². The van der Waals surface area contributed by atoms with Crippen molar-refractivity contribution < 1.29 is 8.81 Å². The van der Waals surface area contributed by atoms with Crippen LogP contribution in [0.2, 0.25) is 5.02 Å². The first kappa shape index (κ1) is 21.7. The van der Waals surface area contributed by atoms with Crippen molar-refractivity contribution in [1.82, 2.24) is 15.1 Å². The highest BCUT2D eigenvalue weighted by Crippen LogP contribution is 2.39. The minimum absolute atomic E-state index is 0.0277. The van der Waals surface area contributed by atoms with E-state index in [1.54, 1.807) is 17.8 Å². The van der Waals surface area contributed by atoms with Crippen molar-refractivity contribution >= 4 is 29.1 Å². The van der Waals surface area contributed by atoms with E-state index in [4.69, 9.17) is 21.8 Å². The summed E-state index contributed by atoms with van der Waals surface area (Å²) in [5.74, 6) is 1.76. The van der Waals surface area contributed by atoms with Crippen LogP contribution < -0.4 is 10.6 Å². The van der Waals surface area contributed by atoms with Gasteiger partial charge in [0.1, 0.15) is 5.82 Å². The van der Waals surface area contributed by atoms with Crippen LogP contribution in [0.25, 0.3) is 11.5 Å². The summed E-state index contributed by atoms with van der Waals surface area (Å²) < 4.78 is 20.9. The molecule has 1 saturated heterocycles. The van der Waals surface area contributed by atoms with E-state index in [9.17, 15) is 0 Å². The number of anilines is 1. The van der Waals surface area contributed by atoms with Crippen LogP contribution in [0.1, 0.15) is 18.4 Å². The molecule has 0 amide bonds. The van der Waals surface area contributed by atoms with Crippen LogP contribution in [0.5, 0.6) is 0 Å². The topological polar surface area (TPSA) is 71.4 Å². The SMILES string of the molecule is CC1CN(Cc2nnc(-c3cc4c(cc3F)SC[C@H](N)CN4Cc3ccc(Cl)cc3)o2)C1. The van der Waals surface area contributed by atoms with Gasteiger partial charge < -0.3 is 15.1 Å². The van der Waals surface area contributed by atoms with E-state index in [0.717, 1.165) is 35.0 Å². The Labute approximate surface area is 195 Å². The van der Waals surface area contributed by atoms with Crippen LogP contribution in [-0.2, 0) is 13.1 Å². The number of halogens is 2. The maximum absolute atomic E-state index is 15.1. The van der Waals surface area contributed by atoms with Gasteiger partial charge in [-0.3, -0.25) is 4.90 Å². The Morgan fingerprint density at radius 2 is 1.94 bits per heavy atom. The third-order valence-electron chi connectivity index (χ3n) is 5.78.